The molecule has 5 atom stereocenters. The van der Waals surface area contributed by atoms with E-state index in [0.717, 1.165) is 24.8 Å². The summed E-state index contributed by atoms with van der Waals surface area (Å²) in [5.74, 6) is -2.32. The van der Waals surface area contributed by atoms with E-state index in [2.05, 4.69) is 20.0 Å². The average Bonchev–Trinajstić information content (AvgIpc) is 3.99. The van der Waals surface area contributed by atoms with Gasteiger partial charge in [-0.3, -0.25) is 19.1 Å². The van der Waals surface area contributed by atoms with Gasteiger partial charge in [-0.05, 0) is 75.6 Å². The van der Waals surface area contributed by atoms with Gasteiger partial charge in [-0.2, -0.15) is 9.97 Å². The zero-order chi connectivity index (χ0) is 33.3. The van der Waals surface area contributed by atoms with Crippen molar-refractivity contribution < 1.29 is 37.0 Å². The standard InChI is InChI=1S/C33H41N5O8S/c1-38-15-7-5-4-6-8-21-19-33(21,31(41)37-47(42,43)24-13-14-24)36-29(39)25-16-23(17-26(25)30(38)40)46-28-18-27(34-32(35-28)45-3)20-9-11-22(44-2)12-10-20/h6,8-12,18,21,23-26H,4-5,7,13-17,19H2,1-3H3,(H,36,39)(H,37,41). The molecule has 0 saturated heterocycles. The number of nitrogens with zero attached hydrogens (tertiary/aromatic N) is 3. The third-order valence-electron chi connectivity index (χ3n) is 9.53. The monoisotopic (exact) mass is 667 g/mol. The SMILES string of the molecule is COc1ccc(-c2cc(OC3CC4C(=O)NC5(C(=O)NS(=O)(=O)C6CC6)CC5C=CCCCCN(C)C(=O)C4C3)nc(OC)n2)cc1. The summed E-state index contributed by atoms with van der Waals surface area (Å²) in [5.41, 5.74) is -0.0558. The molecule has 1 aromatic heterocycles. The first-order valence-corrected chi connectivity index (χ1v) is 17.6. The van der Waals surface area contributed by atoms with Gasteiger partial charge in [-0.15, -0.1) is 0 Å². The number of rotatable bonds is 8. The zero-order valence-corrected chi connectivity index (χ0v) is 27.6. The van der Waals surface area contributed by atoms with Crippen LogP contribution in [-0.4, -0.2) is 85.7 Å². The van der Waals surface area contributed by atoms with Gasteiger partial charge in [0, 0.05) is 31.1 Å². The molecule has 14 heteroatoms. The van der Waals surface area contributed by atoms with Crippen LogP contribution in [0.4, 0.5) is 0 Å². The molecule has 0 radical (unpaired) electrons. The second kappa shape index (κ2) is 13.1. The average molecular weight is 668 g/mol. The number of sulfonamides is 1. The van der Waals surface area contributed by atoms with Gasteiger partial charge in [0.2, 0.25) is 27.7 Å². The molecule has 2 heterocycles. The van der Waals surface area contributed by atoms with Gasteiger partial charge in [0.05, 0.1) is 37.0 Å². The molecule has 6 rings (SSSR count). The van der Waals surface area contributed by atoms with Crippen molar-refractivity contribution in [2.45, 2.75) is 68.3 Å². The number of hydrogen-bond donors (Lipinski definition) is 2. The number of carbonyl (C=O) groups excluding carboxylic acids is 3. The van der Waals surface area contributed by atoms with Crippen LogP contribution < -0.4 is 24.2 Å². The molecular formula is C33H41N5O8S. The Labute approximate surface area is 274 Å². The van der Waals surface area contributed by atoms with Gasteiger partial charge in [-0.1, -0.05) is 12.2 Å². The number of methoxy groups -OCH3 is 2. The highest BCUT2D eigenvalue weighted by Gasteiger charge is 2.62. The van der Waals surface area contributed by atoms with Crippen LogP contribution in [0.3, 0.4) is 0 Å². The number of amides is 3. The van der Waals surface area contributed by atoms with Crippen molar-refractivity contribution in [2.24, 2.45) is 17.8 Å². The summed E-state index contributed by atoms with van der Waals surface area (Å²) >= 11 is 0. The Hall–Kier alpha value is -4.20. The van der Waals surface area contributed by atoms with Crippen LogP contribution in [0.5, 0.6) is 17.6 Å². The third-order valence-corrected chi connectivity index (χ3v) is 11.4. The molecule has 13 nitrogen and oxygen atoms in total. The Kier molecular flexibility index (Phi) is 9.14. The van der Waals surface area contributed by atoms with E-state index >= 15 is 0 Å². The molecule has 0 spiro atoms. The summed E-state index contributed by atoms with van der Waals surface area (Å²) in [6.07, 6.45) is 7.41. The summed E-state index contributed by atoms with van der Waals surface area (Å²) in [4.78, 5) is 51.7. The predicted octanol–water partition coefficient (Wildman–Crippen LogP) is 2.62. The second-order valence-electron chi connectivity index (χ2n) is 12.9. The number of ether oxygens (including phenoxy) is 3. The van der Waals surface area contributed by atoms with Crippen molar-refractivity contribution in [3.8, 4) is 28.9 Å². The van der Waals surface area contributed by atoms with Crippen molar-refractivity contribution in [1.82, 2.24) is 24.9 Å². The van der Waals surface area contributed by atoms with Crippen LogP contribution in [0.25, 0.3) is 11.3 Å². The van der Waals surface area contributed by atoms with E-state index in [-0.39, 0.29) is 43.0 Å². The highest BCUT2D eigenvalue weighted by atomic mass is 32.2. The van der Waals surface area contributed by atoms with Crippen LogP contribution in [0.2, 0.25) is 0 Å². The molecule has 3 fully saturated rings. The van der Waals surface area contributed by atoms with Crippen LogP contribution in [0.15, 0.2) is 42.5 Å². The van der Waals surface area contributed by atoms with Crippen LogP contribution >= 0.6 is 0 Å². The van der Waals surface area contributed by atoms with E-state index < -0.39 is 50.6 Å². The lowest BCUT2D eigenvalue weighted by Crippen LogP contribution is -2.54. The zero-order valence-electron chi connectivity index (χ0n) is 26.8. The van der Waals surface area contributed by atoms with E-state index in [9.17, 15) is 22.8 Å². The molecule has 3 amide bonds. The lowest BCUT2D eigenvalue weighted by Gasteiger charge is -2.26. The summed E-state index contributed by atoms with van der Waals surface area (Å²) in [7, 11) is 0.957. The van der Waals surface area contributed by atoms with Gasteiger partial charge in [0.1, 0.15) is 17.4 Å². The van der Waals surface area contributed by atoms with E-state index in [4.69, 9.17) is 14.2 Å². The fraction of sp³-hybridized carbons (Fsp3) is 0.545. The van der Waals surface area contributed by atoms with Gasteiger partial charge in [0.25, 0.3) is 5.91 Å². The summed E-state index contributed by atoms with van der Waals surface area (Å²) in [5, 5.41) is 2.32. The molecule has 1 aromatic carbocycles. The molecule has 2 N–H and O–H groups in total. The minimum absolute atomic E-state index is 0.0976. The first-order valence-electron chi connectivity index (χ1n) is 16.1. The number of hydrogen-bond acceptors (Lipinski definition) is 10. The lowest BCUT2D eigenvalue weighted by molar-refractivity contribution is -0.140. The maximum absolute atomic E-state index is 14.0. The van der Waals surface area contributed by atoms with Crippen molar-refractivity contribution in [2.75, 3.05) is 27.8 Å². The third kappa shape index (κ3) is 7.07. The van der Waals surface area contributed by atoms with Crippen molar-refractivity contribution in [1.29, 1.82) is 0 Å². The number of aromatic nitrogens is 2. The number of carbonyl (C=O) groups is 3. The fourth-order valence-corrected chi connectivity index (χ4v) is 7.89. The summed E-state index contributed by atoms with van der Waals surface area (Å²) < 4.78 is 44.5. The van der Waals surface area contributed by atoms with Gasteiger partial charge >= 0.3 is 6.01 Å². The number of fused-ring (bicyclic) bond motifs is 2. The molecule has 5 unspecified atom stereocenters. The maximum atomic E-state index is 14.0. The minimum atomic E-state index is -3.82. The molecule has 3 saturated carbocycles. The Bertz CT molecular complexity index is 1660. The second-order valence-corrected chi connectivity index (χ2v) is 14.8. The lowest BCUT2D eigenvalue weighted by atomic mass is 9.93. The van der Waals surface area contributed by atoms with Crippen molar-refractivity contribution >= 4 is 27.7 Å². The van der Waals surface area contributed by atoms with E-state index in [1.807, 2.05) is 36.4 Å². The highest BCUT2D eigenvalue weighted by molar-refractivity contribution is 7.91. The van der Waals surface area contributed by atoms with E-state index in [0.29, 0.717) is 30.8 Å². The van der Waals surface area contributed by atoms with Crippen molar-refractivity contribution in [3.63, 3.8) is 0 Å². The van der Waals surface area contributed by atoms with E-state index in [1.54, 1.807) is 25.1 Å². The highest BCUT2D eigenvalue weighted by Crippen LogP contribution is 2.47. The smallest absolute Gasteiger partial charge is 0.320 e. The minimum Gasteiger partial charge on any atom is -0.497 e. The normalized spacial score (nSPS) is 27.9. The molecule has 1 aliphatic heterocycles. The summed E-state index contributed by atoms with van der Waals surface area (Å²) in [6.45, 7) is 0.548. The van der Waals surface area contributed by atoms with Crippen LogP contribution in [0.1, 0.15) is 51.4 Å². The number of allylic oxidation sites excluding steroid dienone is 1. The maximum Gasteiger partial charge on any atom is 0.320 e. The van der Waals surface area contributed by atoms with Crippen LogP contribution in [-0.2, 0) is 24.4 Å². The van der Waals surface area contributed by atoms with Gasteiger partial charge in [-0.25, -0.2) is 8.42 Å². The molecule has 0 bridgehead atoms. The topological polar surface area (TPSA) is 166 Å². The Balaban J connectivity index is 1.25. The fourth-order valence-electron chi connectivity index (χ4n) is 6.53. The molecular weight excluding hydrogens is 626 g/mol. The molecule has 47 heavy (non-hydrogen) atoms. The number of benzene rings is 1. The predicted molar refractivity (Wildman–Crippen MR) is 171 cm³/mol. The largest absolute Gasteiger partial charge is 0.497 e. The van der Waals surface area contributed by atoms with Crippen molar-refractivity contribution in [3.05, 3.63) is 42.5 Å². The summed E-state index contributed by atoms with van der Waals surface area (Å²) in [6, 6.07) is 9.10. The molecule has 2 aromatic rings. The quantitative estimate of drug-likeness (QED) is 0.400. The van der Waals surface area contributed by atoms with E-state index in [1.165, 1.54) is 7.11 Å². The molecule has 3 aliphatic carbocycles. The number of nitrogens with one attached hydrogen (secondary N) is 2. The molecule has 4 aliphatic rings. The first-order chi connectivity index (χ1) is 22.5. The molecule has 252 valence electrons. The van der Waals surface area contributed by atoms with Crippen LogP contribution in [0, 0.1) is 17.8 Å². The Morgan fingerprint density at radius 2 is 1.79 bits per heavy atom. The van der Waals surface area contributed by atoms with Gasteiger partial charge in [0.15, 0.2) is 0 Å². The Morgan fingerprint density at radius 3 is 2.49 bits per heavy atom. The van der Waals surface area contributed by atoms with Gasteiger partial charge < -0.3 is 24.4 Å². The Morgan fingerprint density at radius 1 is 1.04 bits per heavy atom. The first kappa shape index (κ1) is 32.7.